The molecule has 0 aliphatic rings. The van der Waals surface area contributed by atoms with Crippen LogP contribution in [0.4, 0.5) is 5.82 Å². The topological polar surface area (TPSA) is 55.0 Å². The Hall–Kier alpha value is -1.23. The smallest absolute Gasteiger partial charge is 0.142 e. The summed E-state index contributed by atoms with van der Waals surface area (Å²) in [4.78, 5) is 11.2. The first-order chi connectivity index (χ1) is 8.01. The van der Waals surface area contributed by atoms with Crippen molar-refractivity contribution < 1.29 is 0 Å². The summed E-state index contributed by atoms with van der Waals surface area (Å²) in [7, 11) is 0. The maximum Gasteiger partial charge on any atom is 0.142 e. The highest BCUT2D eigenvalue weighted by Crippen LogP contribution is 2.20. The molecule has 0 radical (unpaired) electrons. The van der Waals surface area contributed by atoms with Crippen LogP contribution in [0.5, 0.6) is 0 Å². The summed E-state index contributed by atoms with van der Waals surface area (Å²) < 4.78 is 0. The fourth-order valence-corrected chi connectivity index (χ4v) is 1.89. The van der Waals surface area contributed by atoms with Gasteiger partial charge in [-0.25, -0.2) is 9.97 Å². The fourth-order valence-electron chi connectivity index (χ4n) is 1.74. The summed E-state index contributed by atoms with van der Waals surface area (Å²) >= 11 is 5.05. The molecule has 1 heterocycles. The normalized spacial score (nSPS) is 12.2. The van der Waals surface area contributed by atoms with Gasteiger partial charge in [-0.05, 0) is 27.2 Å². The van der Waals surface area contributed by atoms with E-state index in [-0.39, 0.29) is 0 Å². The number of anilines is 1. The SMILES string of the molecule is CCC(C)N(CC)c1nc(C)ncc1C(N)=S. The third-order valence-electron chi connectivity index (χ3n) is 2.89. The van der Waals surface area contributed by atoms with Crippen LogP contribution in [0.1, 0.15) is 38.6 Å². The van der Waals surface area contributed by atoms with Crippen molar-refractivity contribution in [3.63, 3.8) is 0 Å². The van der Waals surface area contributed by atoms with Crippen LogP contribution in [-0.2, 0) is 0 Å². The second kappa shape index (κ2) is 5.91. The lowest BCUT2D eigenvalue weighted by molar-refractivity contribution is 0.621. The third-order valence-corrected chi connectivity index (χ3v) is 3.11. The Balaban J connectivity index is 3.25. The van der Waals surface area contributed by atoms with Crippen molar-refractivity contribution in [2.75, 3.05) is 11.4 Å². The lowest BCUT2D eigenvalue weighted by Gasteiger charge is -2.29. The molecule has 1 atom stereocenters. The molecule has 0 saturated carbocycles. The summed E-state index contributed by atoms with van der Waals surface area (Å²) in [5.74, 6) is 1.59. The van der Waals surface area contributed by atoms with Crippen LogP contribution in [-0.4, -0.2) is 27.5 Å². The molecule has 0 bridgehead atoms. The Bertz CT molecular complexity index is 405. The highest BCUT2D eigenvalue weighted by Gasteiger charge is 2.18. The van der Waals surface area contributed by atoms with Crippen LogP contribution in [0.2, 0.25) is 0 Å². The van der Waals surface area contributed by atoms with Crippen molar-refractivity contribution in [2.24, 2.45) is 5.73 Å². The third kappa shape index (κ3) is 3.12. The molecule has 94 valence electrons. The standard InChI is InChI=1S/C12H20N4S/c1-5-8(3)16(6-2)12-10(11(13)17)7-14-9(4)15-12/h7-8H,5-6H2,1-4H3,(H2,13,17). The molecule has 0 saturated heterocycles. The summed E-state index contributed by atoms with van der Waals surface area (Å²) in [5, 5.41) is 0. The number of aryl methyl sites for hydroxylation is 1. The maximum absolute atomic E-state index is 5.72. The van der Waals surface area contributed by atoms with Crippen LogP contribution < -0.4 is 10.6 Å². The van der Waals surface area contributed by atoms with Crippen molar-refractivity contribution >= 4 is 23.0 Å². The number of aromatic nitrogens is 2. The van der Waals surface area contributed by atoms with E-state index in [0.29, 0.717) is 11.0 Å². The zero-order valence-electron chi connectivity index (χ0n) is 10.9. The molecule has 0 aromatic carbocycles. The Kier molecular flexibility index (Phi) is 4.81. The van der Waals surface area contributed by atoms with Crippen molar-refractivity contribution in [1.29, 1.82) is 0 Å². The minimum atomic E-state index is 0.349. The van der Waals surface area contributed by atoms with E-state index in [2.05, 4.69) is 35.6 Å². The maximum atomic E-state index is 5.72. The summed E-state index contributed by atoms with van der Waals surface area (Å²) in [5.41, 5.74) is 6.48. The predicted molar refractivity (Wildman–Crippen MR) is 75.4 cm³/mol. The number of thiocarbonyl (C=S) groups is 1. The molecule has 5 heteroatoms. The Morgan fingerprint density at radius 1 is 1.53 bits per heavy atom. The van der Waals surface area contributed by atoms with Gasteiger partial charge in [0.2, 0.25) is 0 Å². The first-order valence-corrected chi connectivity index (χ1v) is 6.32. The van der Waals surface area contributed by atoms with E-state index in [1.807, 2.05) is 6.92 Å². The summed E-state index contributed by atoms with van der Waals surface area (Å²) in [6, 6.07) is 0.405. The van der Waals surface area contributed by atoms with Gasteiger partial charge in [-0.3, -0.25) is 0 Å². The zero-order chi connectivity index (χ0) is 13.0. The molecule has 0 aliphatic carbocycles. The number of nitrogens with two attached hydrogens (primary N) is 1. The lowest BCUT2D eigenvalue weighted by Crippen LogP contribution is -2.35. The number of hydrogen-bond donors (Lipinski definition) is 1. The average molecular weight is 252 g/mol. The molecular formula is C12H20N4S. The molecule has 1 unspecified atom stereocenters. The molecule has 0 aliphatic heterocycles. The average Bonchev–Trinajstić information content (AvgIpc) is 2.29. The molecule has 1 rings (SSSR count). The predicted octanol–water partition coefficient (Wildman–Crippen LogP) is 2.04. The minimum absolute atomic E-state index is 0.349. The van der Waals surface area contributed by atoms with E-state index in [1.54, 1.807) is 6.20 Å². The van der Waals surface area contributed by atoms with Gasteiger partial charge in [0.1, 0.15) is 16.6 Å². The zero-order valence-corrected chi connectivity index (χ0v) is 11.7. The van der Waals surface area contributed by atoms with Crippen LogP contribution in [0.25, 0.3) is 0 Å². The summed E-state index contributed by atoms with van der Waals surface area (Å²) in [6.07, 6.45) is 2.76. The van der Waals surface area contributed by atoms with Crippen molar-refractivity contribution in [1.82, 2.24) is 9.97 Å². The van der Waals surface area contributed by atoms with Gasteiger partial charge in [-0.15, -0.1) is 0 Å². The van der Waals surface area contributed by atoms with Gasteiger partial charge < -0.3 is 10.6 Å². The molecule has 4 nitrogen and oxygen atoms in total. The first kappa shape index (κ1) is 13.8. The quantitative estimate of drug-likeness (QED) is 0.813. The minimum Gasteiger partial charge on any atom is -0.389 e. The molecule has 1 aromatic heterocycles. The lowest BCUT2D eigenvalue weighted by atomic mass is 10.2. The van der Waals surface area contributed by atoms with Crippen LogP contribution in [0, 0.1) is 6.92 Å². The van der Waals surface area contributed by atoms with Gasteiger partial charge in [-0.1, -0.05) is 19.1 Å². The highest BCUT2D eigenvalue weighted by atomic mass is 32.1. The number of hydrogen-bond acceptors (Lipinski definition) is 4. The molecule has 0 amide bonds. The Morgan fingerprint density at radius 2 is 2.18 bits per heavy atom. The van der Waals surface area contributed by atoms with Gasteiger partial charge in [-0.2, -0.15) is 0 Å². The van der Waals surface area contributed by atoms with Crippen LogP contribution in [0.15, 0.2) is 6.20 Å². The van der Waals surface area contributed by atoms with Crippen molar-refractivity contribution in [2.45, 2.75) is 40.2 Å². The van der Waals surface area contributed by atoms with E-state index in [9.17, 15) is 0 Å². The van der Waals surface area contributed by atoms with E-state index >= 15 is 0 Å². The Labute approximate surface area is 108 Å². The van der Waals surface area contributed by atoms with Gasteiger partial charge in [0.05, 0.1) is 5.56 Å². The first-order valence-electron chi connectivity index (χ1n) is 5.91. The molecule has 1 aromatic rings. The largest absolute Gasteiger partial charge is 0.389 e. The van der Waals surface area contributed by atoms with Gasteiger partial charge >= 0.3 is 0 Å². The van der Waals surface area contributed by atoms with Crippen molar-refractivity contribution in [3.8, 4) is 0 Å². The van der Waals surface area contributed by atoms with E-state index in [0.717, 1.165) is 30.2 Å². The molecular weight excluding hydrogens is 232 g/mol. The van der Waals surface area contributed by atoms with E-state index < -0.39 is 0 Å². The Morgan fingerprint density at radius 3 is 2.65 bits per heavy atom. The molecule has 2 N–H and O–H groups in total. The summed E-state index contributed by atoms with van der Waals surface area (Å²) in [6.45, 7) is 9.18. The van der Waals surface area contributed by atoms with Gasteiger partial charge in [0.25, 0.3) is 0 Å². The van der Waals surface area contributed by atoms with Gasteiger partial charge in [0.15, 0.2) is 0 Å². The number of rotatable bonds is 5. The monoisotopic (exact) mass is 252 g/mol. The van der Waals surface area contributed by atoms with Gasteiger partial charge in [0, 0.05) is 18.8 Å². The number of nitrogens with zero attached hydrogens (tertiary/aromatic N) is 3. The highest BCUT2D eigenvalue weighted by molar-refractivity contribution is 7.80. The van der Waals surface area contributed by atoms with Crippen LogP contribution in [0.3, 0.4) is 0 Å². The molecule has 0 spiro atoms. The molecule has 17 heavy (non-hydrogen) atoms. The van der Waals surface area contributed by atoms with E-state index in [4.69, 9.17) is 18.0 Å². The van der Waals surface area contributed by atoms with Crippen molar-refractivity contribution in [3.05, 3.63) is 17.6 Å². The van der Waals surface area contributed by atoms with Crippen LogP contribution >= 0.6 is 12.2 Å². The molecule has 0 fully saturated rings. The van der Waals surface area contributed by atoms with E-state index in [1.165, 1.54) is 0 Å². The second-order valence-corrected chi connectivity index (χ2v) is 4.50. The second-order valence-electron chi connectivity index (χ2n) is 4.06. The fraction of sp³-hybridized carbons (Fsp3) is 0.583.